The molecule has 1 fully saturated rings. The van der Waals surface area contributed by atoms with Crippen LogP contribution in [-0.4, -0.2) is 73.4 Å². The first-order chi connectivity index (χ1) is 17.7. The van der Waals surface area contributed by atoms with Crippen molar-refractivity contribution in [3.05, 3.63) is 66.2 Å². The number of sulfone groups is 1. The van der Waals surface area contributed by atoms with Gasteiger partial charge in [0.05, 0.1) is 9.64 Å². The molecule has 0 aliphatic carbocycles. The summed E-state index contributed by atoms with van der Waals surface area (Å²) in [6.45, 7) is 9.06. The minimum Gasteiger partial charge on any atom is -0.475 e. The average Bonchev–Trinajstić information content (AvgIpc) is 2.85. The zero-order valence-corrected chi connectivity index (χ0v) is 23.1. The van der Waals surface area contributed by atoms with Gasteiger partial charge in [-0.25, -0.2) is 13.2 Å². The molecular weight excluding hydrogens is 517 g/mol. The van der Waals surface area contributed by atoms with E-state index in [9.17, 15) is 21.6 Å². The Morgan fingerprint density at radius 2 is 1.61 bits per heavy atom. The van der Waals surface area contributed by atoms with Gasteiger partial charge in [-0.3, -0.25) is 0 Å². The van der Waals surface area contributed by atoms with Gasteiger partial charge in [0.2, 0.25) is 0 Å². The molecule has 1 aliphatic heterocycles. The van der Waals surface area contributed by atoms with Crippen molar-refractivity contribution in [1.29, 1.82) is 0 Å². The fraction of sp³-hybridized carbons (Fsp3) is 0.536. The molecule has 1 heterocycles. The Balaban J connectivity index is 0.000000638. The summed E-state index contributed by atoms with van der Waals surface area (Å²) in [7, 11) is -1.11. The molecule has 2 aromatic rings. The van der Waals surface area contributed by atoms with Gasteiger partial charge in [0.25, 0.3) is 0 Å². The van der Waals surface area contributed by atoms with Crippen molar-refractivity contribution in [3.63, 3.8) is 0 Å². The Kier molecular flexibility index (Phi) is 11.8. The number of rotatable bonds is 10. The lowest BCUT2D eigenvalue weighted by Crippen LogP contribution is -2.41. The van der Waals surface area contributed by atoms with Gasteiger partial charge in [0.15, 0.2) is 9.84 Å². The normalized spacial score (nSPS) is 17.1. The van der Waals surface area contributed by atoms with E-state index in [1.807, 2.05) is 19.9 Å². The lowest BCUT2D eigenvalue weighted by Gasteiger charge is -2.35. The van der Waals surface area contributed by atoms with E-state index in [4.69, 9.17) is 9.90 Å². The van der Waals surface area contributed by atoms with Gasteiger partial charge in [-0.2, -0.15) is 13.2 Å². The van der Waals surface area contributed by atoms with Crippen LogP contribution in [0, 0.1) is 5.92 Å². The van der Waals surface area contributed by atoms with Crippen molar-refractivity contribution in [3.8, 4) is 0 Å². The summed E-state index contributed by atoms with van der Waals surface area (Å²) < 4.78 is 57.1. The minimum absolute atomic E-state index is 0.430. The second kappa shape index (κ2) is 14.1. The molecule has 3 rings (SSSR count). The van der Waals surface area contributed by atoms with Gasteiger partial charge in [0, 0.05) is 19.6 Å². The van der Waals surface area contributed by atoms with Crippen LogP contribution in [0.25, 0.3) is 0 Å². The van der Waals surface area contributed by atoms with Crippen molar-refractivity contribution < 1.29 is 31.5 Å². The van der Waals surface area contributed by atoms with E-state index >= 15 is 0 Å². The maximum absolute atomic E-state index is 13.0. The maximum atomic E-state index is 13.0. The van der Waals surface area contributed by atoms with Crippen molar-refractivity contribution in [2.75, 3.05) is 33.2 Å². The SMILES string of the molecule is CN(Cc1ccccc1)CC1CCCN(CCCC(C)(C)S(=O)(=O)c2ccccc2)C1.O=C(O)C(F)(F)F. The van der Waals surface area contributed by atoms with Gasteiger partial charge in [-0.05, 0) is 83.3 Å². The van der Waals surface area contributed by atoms with Crippen molar-refractivity contribution in [1.82, 2.24) is 9.80 Å². The fourth-order valence-electron chi connectivity index (χ4n) is 4.69. The van der Waals surface area contributed by atoms with Gasteiger partial charge in [0.1, 0.15) is 0 Å². The highest BCUT2D eigenvalue weighted by Gasteiger charge is 2.38. The smallest absolute Gasteiger partial charge is 0.475 e. The summed E-state index contributed by atoms with van der Waals surface area (Å²) in [6, 6.07) is 19.5. The molecule has 0 aromatic heterocycles. The molecule has 0 saturated carbocycles. The van der Waals surface area contributed by atoms with E-state index in [-0.39, 0.29) is 0 Å². The molecule has 1 aliphatic rings. The van der Waals surface area contributed by atoms with Crippen LogP contribution in [0.4, 0.5) is 13.2 Å². The molecule has 2 aromatic carbocycles. The third kappa shape index (κ3) is 10.0. The number of aliphatic carboxylic acids is 1. The van der Waals surface area contributed by atoms with E-state index in [2.05, 4.69) is 47.2 Å². The monoisotopic (exact) mass is 556 g/mol. The zero-order valence-electron chi connectivity index (χ0n) is 22.3. The number of carbonyl (C=O) groups is 1. The maximum Gasteiger partial charge on any atom is 0.490 e. The topological polar surface area (TPSA) is 77.9 Å². The molecule has 0 bridgehead atoms. The van der Waals surface area contributed by atoms with Crippen LogP contribution in [0.15, 0.2) is 65.6 Å². The molecule has 10 heteroatoms. The summed E-state index contributed by atoms with van der Waals surface area (Å²) in [5.41, 5.74) is 1.36. The largest absolute Gasteiger partial charge is 0.490 e. The second-order valence-corrected chi connectivity index (χ2v) is 13.1. The molecular formula is C28H39F3N2O4S. The molecule has 6 nitrogen and oxygen atoms in total. The number of hydrogen-bond acceptors (Lipinski definition) is 5. The fourth-order valence-corrected chi connectivity index (χ4v) is 6.25. The third-order valence-electron chi connectivity index (χ3n) is 6.74. The van der Waals surface area contributed by atoms with E-state index in [1.54, 1.807) is 24.3 Å². The first-order valence-electron chi connectivity index (χ1n) is 12.8. The highest BCUT2D eigenvalue weighted by atomic mass is 32.2. The molecule has 0 spiro atoms. The van der Waals surface area contributed by atoms with E-state index < -0.39 is 26.7 Å². The standard InChI is InChI=1S/C26H38N2O2S.C2HF3O2/c1-26(2,31(29,30)25-15-8-5-9-16-25)17-11-19-28-18-10-14-24(22-28)21-27(3)20-23-12-6-4-7-13-23;3-2(4,5)1(6)7/h4-9,12-13,15-16,24H,10-11,14,17-22H2,1-3H3;(H,6,7). The highest BCUT2D eigenvalue weighted by molar-refractivity contribution is 7.92. The molecule has 212 valence electrons. The van der Waals surface area contributed by atoms with Crippen molar-refractivity contribution in [2.24, 2.45) is 5.92 Å². The van der Waals surface area contributed by atoms with Crippen LogP contribution in [0.2, 0.25) is 0 Å². The number of alkyl halides is 3. The van der Waals surface area contributed by atoms with E-state index in [0.29, 0.717) is 17.2 Å². The van der Waals surface area contributed by atoms with Gasteiger partial charge in [-0.15, -0.1) is 0 Å². The minimum atomic E-state index is -5.08. The summed E-state index contributed by atoms with van der Waals surface area (Å²) >= 11 is 0. The number of benzene rings is 2. The average molecular weight is 557 g/mol. The summed E-state index contributed by atoms with van der Waals surface area (Å²) in [5, 5.41) is 7.12. The Labute approximate surface area is 224 Å². The highest BCUT2D eigenvalue weighted by Crippen LogP contribution is 2.30. The van der Waals surface area contributed by atoms with Crippen LogP contribution in [0.1, 0.15) is 45.1 Å². The van der Waals surface area contributed by atoms with Crippen LogP contribution in [0.5, 0.6) is 0 Å². The first kappa shape index (κ1) is 31.8. The van der Waals surface area contributed by atoms with Crippen LogP contribution in [0.3, 0.4) is 0 Å². The molecule has 0 radical (unpaired) electrons. The number of hydrogen-bond donors (Lipinski definition) is 1. The lowest BCUT2D eigenvalue weighted by molar-refractivity contribution is -0.192. The van der Waals surface area contributed by atoms with E-state index in [1.165, 1.54) is 18.4 Å². The van der Waals surface area contributed by atoms with Crippen LogP contribution < -0.4 is 0 Å². The third-order valence-corrected chi connectivity index (χ3v) is 9.30. The van der Waals surface area contributed by atoms with Gasteiger partial charge < -0.3 is 14.9 Å². The van der Waals surface area contributed by atoms with E-state index in [0.717, 1.165) is 39.1 Å². The number of nitrogens with zero attached hydrogens (tertiary/aromatic N) is 2. The summed E-state index contributed by atoms with van der Waals surface area (Å²) in [4.78, 5) is 14.3. The molecule has 1 unspecified atom stereocenters. The number of piperidine rings is 1. The molecule has 1 atom stereocenters. The van der Waals surface area contributed by atoms with Crippen molar-refractivity contribution in [2.45, 2.75) is 61.9 Å². The Bertz CT molecular complexity index is 1090. The number of carboxylic acids is 1. The lowest BCUT2D eigenvalue weighted by atomic mass is 9.96. The number of likely N-dealkylation sites (tertiary alicyclic amines) is 1. The molecule has 0 amide bonds. The quantitative estimate of drug-likeness (QED) is 0.417. The van der Waals surface area contributed by atoms with Crippen LogP contribution in [-0.2, 0) is 21.2 Å². The summed E-state index contributed by atoms with van der Waals surface area (Å²) in [6.07, 6.45) is -0.982. The number of halogens is 3. The Morgan fingerprint density at radius 3 is 2.16 bits per heavy atom. The predicted molar refractivity (Wildman–Crippen MR) is 143 cm³/mol. The van der Waals surface area contributed by atoms with Crippen molar-refractivity contribution >= 4 is 15.8 Å². The van der Waals surface area contributed by atoms with Gasteiger partial charge >= 0.3 is 12.1 Å². The zero-order chi connectivity index (χ0) is 28.4. The molecule has 38 heavy (non-hydrogen) atoms. The van der Waals surface area contributed by atoms with Gasteiger partial charge in [-0.1, -0.05) is 48.5 Å². The Morgan fingerprint density at radius 1 is 1.05 bits per heavy atom. The Hall–Kier alpha value is -2.43. The molecule has 1 N–H and O–H groups in total. The predicted octanol–water partition coefficient (Wildman–Crippen LogP) is 5.50. The van der Waals surface area contributed by atoms with Crippen LogP contribution >= 0.6 is 0 Å². The summed E-state index contributed by atoms with van der Waals surface area (Å²) in [5.74, 6) is -2.07. The second-order valence-electron chi connectivity index (χ2n) is 10.5. The first-order valence-corrected chi connectivity index (χ1v) is 14.3. The molecule has 1 saturated heterocycles. The number of carboxylic acid groups (broad SMARTS) is 1.